The molecule has 2 rings (SSSR count). The van der Waals surface area contributed by atoms with E-state index in [1.807, 2.05) is 18.2 Å². The number of benzene rings is 2. The number of hydrogen-bond donors (Lipinski definition) is 1. The van der Waals surface area contributed by atoms with Gasteiger partial charge in [0.25, 0.3) is 0 Å². The highest BCUT2D eigenvalue weighted by molar-refractivity contribution is 9.10. The Morgan fingerprint density at radius 1 is 1.10 bits per heavy atom. The predicted molar refractivity (Wildman–Crippen MR) is 88.8 cm³/mol. The second-order valence-corrected chi connectivity index (χ2v) is 6.06. The number of hydrogen-bond acceptors (Lipinski definition) is 2. The first-order valence-electron chi connectivity index (χ1n) is 6.18. The molecule has 0 heterocycles. The molecule has 2 nitrogen and oxygen atoms in total. The van der Waals surface area contributed by atoms with Gasteiger partial charge in [-0.3, -0.25) is 0 Å². The van der Waals surface area contributed by atoms with Crippen LogP contribution in [-0.2, 0) is 6.42 Å². The lowest BCUT2D eigenvalue weighted by Gasteiger charge is -2.09. The fourth-order valence-electron chi connectivity index (χ4n) is 1.82. The van der Waals surface area contributed by atoms with E-state index in [1.54, 1.807) is 12.1 Å². The lowest BCUT2D eigenvalue weighted by Crippen LogP contribution is -2.00. The van der Waals surface area contributed by atoms with E-state index in [1.165, 1.54) is 5.56 Å². The highest BCUT2D eigenvalue weighted by Gasteiger charge is 2.06. The first kappa shape index (κ1) is 15.5. The summed E-state index contributed by atoms with van der Waals surface area (Å²) < 4.78 is 6.42. The molecule has 106 valence electrons. The number of ether oxygens (including phenoxy) is 1. The molecule has 0 amide bonds. The molecule has 2 aromatic carbocycles. The van der Waals surface area contributed by atoms with Crippen LogP contribution in [0.4, 0.5) is 5.69 Å². The topological polar surface area (TPSA) is 35.2 Å². The molecular formula is C15H14BrCl2NO. The van der Waals surface area contributed by atoms with Crippen LogP contribution in [0.5, 0.6) is 5.75 Å². The summed E-state index contributed by atoms with van der Waals surface area (Å²) in [5.74, 6) is 0.604. The summed E-state index contributed by atoms with van der Waals surface area (Å²) in [5.41, 5.74) is 7.72. The Kier molecular flexibility index (Phi) is 5.58. The van der Waals surface area contributed by atoms with Crippen molar-refractivity contribution in [2.24, 2.45) is 0 Å². The maximum atomic E-state index is 6.09. The van der Waals surface area contributed by atoms with Crippen LogP contribution in [0.25, 0.3) is 0 Å². The normalized spacial score (nSPS) is 10.6. The van der Waals surface area contributed by atoms with Crippen molar-refractivity contribution in [3.05, 3.63) is 56.5 Å². The third-order valence-electron chi connectivity index (χ3n) is 2.79. The molecule has 0 saturated heterocycles. The van der Waals surface area contributed by atoms with Gasteiger partial charge in [-0.05, 0) is 52.5 Å². The second-order valence-electron chi connectivity index (χ2n) is 4.39. The van der Waals surface area contributed by atoms with Gasteiger partial charge in [-0.25, -0.2) is 0 Å². The first-order valence-corrected chi connectivity index (χ1v) is 7.73. The van der Waals surface area contributed by atoms with Crippen molar-refractivity contribution in [3.63, 3.8) is 0 Å². The van der Waals surface area contributed by atoms with Gasteiger partial charge in [0, 0.05) is 16.2 Å². The summed E-state index contributed by atoms with van der Waals surface area (Å²) in [6.07, 6.45) is 1.79. The average Bonchev–Trinajstić information content (AvgIpc) is 2.40. The van der Waals surface area contributed by atoms with Crippen LogP contribution in [0, 0.1) is 0 Å². The minimum Gasteiger partial charge on any atom is -0.492 e. The smallest absolute Gasteiger partial charge is 0.139 e. The van der Waals surface area contributed by atoms with Gasteiger partial charge in [0.1, 0.15) is 5.75 Å². The molecule has 0 aliphatic carbocycles. The molecule has 5 heteroatoms. The number of nitrogens with two attached hydrogens (primary N) is 1. The van der Waals surface area contributed by atoms with Crippen molar-refractivity contribution < 1.29 is 4.74 Å². The minimum absolute atomic E-state index is 0.547. The molecule has 0 aliphatic heterocycles. The third kappa shape index (κ3) is 4.30. The average molecular weight is 375 g/mol. The van der Waals surface area contributed by atoms with Crippen LogP contribution in [0.15, 0.2) is 40.9 Å². The van der Waals surface area contributed by atoms with Gasteiger partial charge in [0.05, 0.1) is 16.7 Å². The molecular weight excluding hydrogens is 361 g/mol. The Labute approximate surface area is 137 Å². The summed E-state index contributed by atoms with van der Waals surface area (Å²) in [6, 6.07) is 11.3. The summed E-state index contributed by atoms with van der Waals surface area (Å²) in [6.45, 7) is 0.576. The quantitative estimate of drug-likeness (QED) is 0.435. The zero-order valence-electron chi connectivity index (χ0n) is 10.7. The van der Waals surface area contributed by atoms with Crippen molar-refractivity contribution in [2.45, 2.75) is 12.8 Å². The lowest BCUT2D eigenvalue weighted by molar-refractivity contribution is 0.311. The fraction of sp³-hybridized carbons (Fsp3) is 0.200. The van der Waals surface area contributed by atoms with Crippen LogP contribution >= 0.6 is 39.1 Å². The molecule has 0 bridgehead atoms. The fourth-order valence-corrected chi connectivity index (χ4v) is 2.67. The largest absolute Gasteiger partial charge is 0.492 e. The minimum atomic E-state index is 0.547. The van der Waals surface area contributed by atoms with Crippen molar-refractivity contribution in [1.29, 1.82) is 0 Å². The maximum absolute atomic E-state index is 6.09. The van der Waals surface area contributed by atoms with E-state index in [0.717, 1.165) is 23.0 Å². The van der Waals surface area contributed by atoms with Crippen LogP contribution in [0.3, 0.4) is 0 Å². The Balaban J connectivity index is 1.86. The molecule has 0 unspecified atom stereocenters. The van der Waals surface area contributed by atoms with Crippen LogP contribution in [0.2, 0.25) is 10.0 Å². The maximum Gasteiger partial charge on any atom is 0.139 e. The zero-order chi connectivity index (χ0) is 14.5. The van der Waals surface area contributed by atoms with Crippen molar-refractivity contribution in [3.8, 4) is 5.75 Å². The Hall–Kier alpha value is -0.900. The van der Waals surface area contributed by atoms with E-state index in [-0.39, 0.29) is 0 Å². The Bertz CT molecular complexity index is 604. The Morgan fingerprint density at radius 3 is 2.65 bits per heavy atom. The van der Waals surface area contributed by atoms with Crippen molar-refractivity contribution in [1.82, 2.24) is 0 Å². The number of halogens is 3. The van der Waals surface area contributed by atoms with Crippen LogP contribution < -0.4 is 10.5 Å². The predicted octanol–water partition coefficient (Wildman–Crippen LogP) is 5.35. The molecule has 2 N–H and O–H groups in total. The second kappa shape index (κ2) is 7.21. The summed E-state index contributed by atoms with van der Waals surface area (Å²) >= 11 is 15.4. The molecule has 0 atom stereocenters. The number of nitrogen functional groups attached to an aromatic ring is 1. The third-order valence-corrected chi connectivity index (χ3v) is 4.29. The van der Waals surface area contributed by atoms with Gasteiger partial charge < -0.3 is 10.5 Å². The Morgan fingerprint density at radius 2 is 1.90 bits per heavy atom. The number of aryl methyl sites for hydroxylation is 1. The standard InChI is InChI=1S/C15H14BrCl2NO/c16-12-8-14(18)15(9-13(12)17)20-6-2-4-10-3-1-5-11(19)7-10/h1,3,5,7-9H,2,4,6,19H2. The molecule has 0 spiro atoms. The van der Waals surface area contributed by atoms with E-state index in [2.05, 4.69) is 22.0 Å². The zero-order valence-corrected chi connectivity index (χ0v) is 13.8. The van der Waals surface area contributed by atoms with Gasteiger partial charge in [-0.2, -0.15) is 0 Å². The monoisotopic (exact) mass is 373 g/mol. The number of anilines is 1. The summed E-state index contributed by atoms with van der Waals surface area (Å²) in [5, 5.41) is 1.13. The number of rotatable bonds is 5. The van der Waals surface area contributed by atoms with Crippen LogP contribution in [-0.4, -0.2) is 6.61 Å². The molecule has 2 aromatic rings. The van der Waals surface area contributed by atoms with Gasteiger partial charge >= 0.3 is 0 Å². The van der Waals surface area contributed by atoms with Crippen molar-refractivity contribution >= 4 is 44.8 Å². The van der Waals surface area contributed by atoms with E-state index in [9.17, 15) is 0 Å². The highest BCUT2D eigenvalue weighted by atomic mass is 79.9. The molecule has 0 fully saturated rings. The van der Waals surface area contributed by atoms with Gasteiger partial charge in [-0.1, -0.05) is 35.3 Å². The molecule has 0 aromatic heterocycles. The molecule has 0 saturated carbocycles. The molecule has 0 aliphatic rings. The molecule has 20 heavy (non-hydrogen) atoms. The van der Waals surface area contributed by atoms with Gasteiger partial charge in [-0.15, -0.1) is 0 Å². The first-order chi connectivity index (χ1) is 9.56. The van der Waals surface area contributed by atoms with Gasteiger partial charge in [0.2, 0.25) is 0 Å². The highest BCUT2D eigenvalue weighted by Crippen LogP contribution is 2.34. The lowest BCUT2D eigenvalue weighted by atomic mass is 10.1. The van der Waals surface area contributed by atoms with Crippen LogP contribution in [0.1, 0.15) is 12.0 Å². The summed E-state index contributed by atoms with van der Waals surface area (Å²) in [7, 11) is 0. The summed E-state index contributed by atoms with van der Waals surface area (Å²) in [4.78, 5) is 0. The van der Waals surface area contributed by atoms with E-state index in [0.29, 0.717) is 22.4 Å². The van der Waals surface area contributed by atoms with E-state index in [4.69, 9.17) is 33.7 Å². The van der Waals surface area contributed by atoms with E-state index >= 15 is 0 Å². The van der Waals surface area contributed by atoms with E-state index < -0.39 is 0 Å². The SMILES string of the molecule is Nc1cccc(CCCOc2cc(Cl)c(Br)cc2Cl)c1. The van der Waals surface area contributed by atoms with Gasteiger partial charge in [0.15, 0.2) is 0 Å². The van der Waals surface area contributed by atoms with Crippen molar-refractivity contribution in [2.75, 3.05) is 12.3 Å². The molecule has 0 radical (unpaired) electrons.